The van der Waals surface area contributed by atoms with Crippen molar-refractivity contribution in [3.8, 4) is 0 Å². The zero-order valence-corrected chi connectivity index (χ0v) is 10.4. The molecule has 2 rings (SSSR count). The van der Waals surface area contributed by atoms with Gasteiger partial charge in [0, 0.05) is 12.1 Å². The summed E-state index contributed by atoms with van der Waals surface area (Å²) in [5.74, 6) is 0.962. The molecule has 0 spiro atoms. The zero-order valence-electron chi connectivity index (χ0n) is 9.61. The Morgan fingerprint density at radius 3 is 2.50 bits per heavy atom. The minimum Gasteiger partial charge on any atom is -0.399 e. The highest BCUT2D eigenvalue weighted by Gasteiger charge is 2.17. The van der Waals surface area contributed by atoms with Crippen LogP contribution < -0.4 is 5.73 Å². The van der Waals surface area contributed by atoms with Crippen molar-refractivity contribution in [2.45, 2.75) is 38.5 Å². The van der Waals surface area contributed by atoms with E-state index < -0.39 is 0 Å². The van der Waals surface area contributed by atoms with Crippen LogP contribution in [-0.2, 0) is 6.42 Å². The molecule has 0 radical (unpaired) electrons. The van der Waals surface area contributed by atoms with Gasteiger partial charge < -0.3 is 5.73 Å². The third-order valence-electron chi connectivity index (χ3n) is 3.44. The Hall–Kier alpha value is -0.890. The fourth-order valence-corrected chi connectivity index (χ4v) is 2.38. The normalized spacial score (nSPS) is 15.8. The molecule has 2 heteroatoms. The van der Waals surface area contributed by atoms with Crippen molar-refractivity contribution >= 4 is 22.8 Å². The summed E-state index contributed by atoms with van der Waals surface area (Å²) in [5.41, 5.74) is 7.76. The van der Waals surface area contributed by atoms with Crippen molar-refractivity contribution in [1.29, 1.82) is 0 Å². The minimum absolute atomic E-state index is 0.823. The summed E-state index contributed by atoms with van der Waals surface area (Å²) in [4.78, 5) is 1.19. The van der Waals surface area contributed by atoms with Gasteiger partial charge in [0.15, 0.2) is 0 Å². The van der Waals surface area contributed by atoms with Crippen LogP contribution >= 0.6 is 12.2 Å². The molecular weight excluding hydrogens is 214 g/mol. The highest BCUT2D eigenvalue weighted by atomic mass is 32.1. The van der Waals surface area contributed by atoms with Gasteiger partial charge in [-0.1, -0.05) is 43.6 Å². The summed E-state index contributed by atoms with van der Waals surface area (Å²) in [5, 5.41) is 0. The van der Waals surface area contributed by atoms with E-state index in [0.29, 0.717) is 0 Å². The van der Waals surface area contributed by atoms with Crippen molar-refractivity contribution in [2.75, 3.05) is 5.73 Å². The summed E-state index contributed by atoms with van der Waals surface area (Å²) in [6.07, 6.45) is 7.62. The summed E-state index contributed by atoms with van der Waals surface area (Å²) < 4.78 is 0. The SMILES string of the molecule is Nc1ccc(CC(=S)CCC2CCC2)cc1. The van der Waals surface area contributed by atoms with Crippen LogP contribution in [0.3, 0.4) is 0 Å². The second-order valence-electron chi connectivity index (χ2n) is 4.79. The van der Waals surface area contributed by atoms with E-state index >= 15 is 0 Å². The quantitative estimate of drug-likeness (QED) is 0.619. The lowest BCUT2D eigenvalue weighted by Crippen LogP contribution is -2.12. The third-order valence-corrected chi connectivity index (χ3v) is 3.79. The Bertz CT molecular complexity index is 352. The number of thiocarbonyl (C=S) groups is 1. The largest absolute Gasteiger partial charge is 0.399 e. The first-order chi connectivity index (χ1) is 7.74. The van der Waals surface area contributed by atoms with Gasteiger partial charge in [0.05, 0.1) is 0 Å². The third kappa shape index (κ3) is 3.31. The van der Waals surface area contributed by atoms with Crippen LogP contribution in [-0.4, -0.2) is 4.86 Å². The van der Waals surface area contributed by atoms with Crippen LogP contribution in [0.2, 0.25) is 0 Å². The molecule has 0 amide bonds. The van der Waals surface area contributed by atoms with E-state index in [9.17, 15) is 0 Å². The predicted molar refractivity (Wildman–Crippen MR) is 73.7 cm³/mol. The molecule has 1 aliphatic rings. The second kappa shape index (κ2) is 5.44. The van der Waals surface area contributed by atoms with Gasteiger partial charge in [0.2, 0.25) is 0 Å². The molecule has 0 aromatic heterocycles. The number of rotatable bonds is 5. The van der Waals surface area contributed by atoms with Crippen LogP contribution in [0.25, 0.3) is 0 Å². The van der Waals surface area contributed by atoms with Gasteiger partial charge in [-0.25, -0.2) is 0 Å². The lowest BCUT2D eigenvalue weighted by molar-refractivity contribution is 0.301. The maximum absolute atomic E-state index is 5.65. The molecule has 0 atom stereocenters. The van der Waals surface area contributed by atoms with Crippen molar-refractivity contribution in [1.82, 2.24) is 0 Å². The first kappa shape index (κ1) is 11.6. The fourth-order valence-electron chi connectivity index (χ4n) is 2.10. The van der Waals surface area contributed by atoms with Gasteiger partial charge in [0.25, 0.3) is 0 Å². The lowest BCUT2D eigenvalue weighted by atomic mass is 9.81. The Kier molecular flexibility index (Phi) is 3.94. The number of nitrogens with two attached hydrogens (primary N) is 1. The summed E-state index contributed by atoms with van der Waals surface area (Å²) >= 11 is 5.43. The zero-order chi connectivity index (χ0) is 11.4. The Morgan fingerprint density at radius 1 is 1.25 bits per heavy atom. The molecule has 16 heavy (non-hydrogen) atoms. The molecule has 1 fully saturated rings. The lowest BCUT2D eigenvalue weighted by Gasteiger charge is -2.25. The molecule has 1 aliphatic carbocycles. The van der Waals surface area contributed by atoms with E-state index in [1.165, 1.54) is 36.1 Å². The monoisotopic (exact) mass is 233 g/mol. The number of hydrogen-bond acceptors (Lipinski definition) is 2. The van der Waals surface area contributed by atoms with Gasteiger partial charge in [0.1, 0.15) is 0 Å². The van der Waals surface area contributed by atoms with Crippen LogP contribution in [0.15, 0.2) is 24.3 Å². The Morgan fingerprint density at radius 2 is 1.94 bits per heavy atom. The van der Waals surface area contributed by atoms with Crippen LogP contribution in [0.4, 0.5) is 5.69 Å². The van der Waals surface area contributed by atoms with E-state index in [1.807, 2.05) is 12.1 Å². The first-order valence-corrected chi connectivity index (χ1v) is 6.51. The van der Waals surface area contributed by atoms with Crippen molar-refractivity contribution in [3.05, 3.63) is 29.8 Å². The summed E-state index contributed by atoms with van der Waals surface area (Å²) in [6, 6.07) is 8.05. The van der Waals surface area contributed by atoms with E-state index in [1.54, 1.807) is 0 Å². The summed E-state index contributed by atoms with van der Waals surface area (Å²) in [6.45, 7) is 0. The standard InChI is InChI=1S/C14H19NS/c15-13-7-4-12(5-8-13)10-14(16)9-6-11-2-1-3-11/h4-5,7-8,11H,1-3,6,9-10,15H2. The molecule has 2 N–H and O–H groups in total. The average molecular weight is 233 g/mol. The van der Waals surface area contributed by atoms with E-state index in [-0.39, 0.29) is 0 Å². The fraction of sp³-hybridized carbons (Fsp3) is 0.500. The van der Waals surface area contributed by atoms with E-state index in [2.05, 4.69) is 12.1 Å². The molecule has 86 valence electrons. The molecule has 1 nitrogen and oxygen atoms in total. The smallest absolute Gasteiger partial charge is 0.0314 e. The average Bonchev–Trinajstić information content (AvgIpc) is 2.19. The highest BCUT2D eigenvalue weighted by molar-refractivity contribution is 7.80. The van der Waals surface area contributed by atoms with Crippen LogP contribution in [0.5, 0.6) is 0 Å². The molecule has 0 saturated heterocycles. The topological polar surface area (TPSA) is 26.0 Å². The Labute approximate surface area is 103 Å². The Balaban J connectivity index is 1.75. The predicted octanol–water partition coefficient (Wildman–Crippen LogP) is 3.76. The molecule has 0 unspecified atom stereocenters. The second-order valence-corrected chi connectivity index (χ2v) is 5.37. The highest BCUT2D eigenvalue weighted by Crippen LogP contribution is 2.30. The van der Waals surface area contributed by atoms with E-state index in [0.717, 1.165) is 24.4 Å². The number of nitrogen functional groups attached to an aromatic ring is 1. The van der Waals surface area contributed by atoms with Gasteiger partial charge in [-0.2, -0.15) is 0 Å². The number of anilines is 1. The molecule has 0 heterocycles. The first-order valence-electron chi connectivity index (χ1n) is 6.10. The minimum atomic E-state index is 0.823. The molecule has 1 aromatic rings. The molecule has 1 saturated carbocycles. The number of benzene rings is 1. The van der Waals surface area contributed by atoms with Crippen LogP contribution in [0, 0.1) is 5.92 Å². The van der Waals surface area contributed by atoms with Gasteiger partial charge in [-0.15, -0.1) is 0 Å². The van der Waals surface area contributed by atoms with Gasteiger partial charge in [-0.3, -0.25) is 0 Å². The molecule has 1 aromatic carbocycles. The molecule has 0 bridgehead atoms. The van der Waals surface area contributed by atoms with Crippen molar-refractivity contribution in [2.24, 2.45) is 5.92 Å². The number of hydrogen-bond donors (Lipinski definition) is 1. The van der Waals surface area contributed by atoms with Crippen molar-refractivity contribution in [3.63, 3.8) is 0 Å². The van der Waals surface area contributed by atoms with Gasteiger partial charge >= 0.3 is 0 Å². The van der Waals surface area contributed by atoms with E-state index in [4.69, 9.17) is 18.0 Å². The van der Waals surface area contributed by atoms with Crippen molar-refractivity contribution < 1.29 is 0 Å². The van der Waals surface area contributed by atoms with Crippen LogP contribution in [0.1, 0.15) is 37.7 Å². The maximum Gasteiger partial charge on any atom is 0.0314 e. The maximum atomic E-state index is 5.65. The molecular formula is C14H19NS. The summed E-state index contributed by atoms with van der Waals surface area (Å²) in [7, 11) is 0. The van der Waals surface area contributed by atoms with Gasteiger partial charge in [-0.05, 0) is 41.3 Å². The molecule has 0 aliphatic heterocycles.